The van der Waals surface area contributed by atoms with E-state index in [1.165, 1.54) is 12.1 Å². The lowest BCUT2D eigenvalue weighted by Gasteiger charge is -2.31. The summed E-state index contributed by atoms with van der Waals surface area (Å²) >= 11 is 0. The number of rotatable bonds is 3. The molecule has 4 heteroatoms. The molecule has 17 heavy (non-hydrogen) atoms. The van der Waals surface area contributed by atoms with E-state index in [0.29, 0.717) is 0 Å². The third kappa shape index (κ3) is 3.28. The molecule has 0 saturated carbocycles. The van der Waals surface area contributed by atoms with Gasteiger partial charge in [0, 0.05) is 0 Å². The van der Waals surface area contributed by atoms with Crippen molar-refractivity contribution in [1.29, 1.82) is 0 Å². The second-order valence-electron chi connectivity index (χ2n) is 5.26. The summed E-state index contributed by atoms with van der Waals surface area (Å²) in [6.07, 6.45) is -0.682. The van der Waals surface area contributed by atoms with E-state index in [1.807, 2.05) is 20.8 Å². The van der Waals surface area contributed by atoms with E-state index in [9.17, 15) is 9.90 Å². The topological polar surface area (TPSA) is 83.5 Å². The van der Waals surface area contributed by atoms with E-state index in [-0.39, 0.29) is 11.0 Å². The van der Waals surface area contributed by atoms with Gasteiger partial charge in [0.2, 0.25) is 0 Å². The van der Waals surface area contributed by atoms with Crippen LogP contribution in [0, 0.1) is 5.41 Å². The molecular formula is C13H19NO3. The average molecular weight is 237 g/mol. The van der Waals surface area contributed by atoms with E-state index in [4.69, 9.17) is 10.8 Å². The van der Waals surface area contributed by atoms with Gasteiger partial charge in [-0.25, -0.2) is 4.79 Å². The lowest BCUT2D eigenvalue weighted by molar-refractivity contribution is 0.0401. The Hall–Kier alpha value is -1.39. The first-order valence-corrected chi connectivity index (χ1v) is 5.50. The van der Waals surface area contributed by atoms with Crippen LogP contribution in [-0.4, -0.2) is 22.3 Å². The first-order valence-electron chi connectivity index (χ1n) is 5.50. The van der Waals surface area contributed by atoms with E-state index in [0.717, 1.165) is 5.56 Å². The van der Waals surface area contributed by atoms with E-state index in [2.05, 4.69) is 0 Å². The normalized spacial score (nSPS) is 15.4. The second kappa shape index (κ2) is 4.85. The van der Waals surface area contributed by atoms with Crippen LogP contribution in [0.4, 0.5) is 0 Å². The van der Waals surface area contributed by atoms with Crippen LogP contribution in [0.15, 0.2) is 24.3 Å². The molecular weight excluding hydrogens is 218 g/mol. The summed E-state index contributed by atoms with van der Waals surface area (Å²) < 4.78 is 0. The number of hydrogen-bond donors (Lipinski definition) is 3. The SMILES string of the molecule is CC(C)(C)[C@H](O)[C@H](N)c1ccc(C(=O)O)cc1. The van der Waals surface area contributed by atoms with Gasteiger partial charge in [0.25, 0.3) is 0 Å². The van der Waals surface area contributed by atoms with Crippen LogP contribution in [0.3, 0.4) is 0 Å². The molecule has 0 spiro atoms. The van der Waals surface area contributed by atoms with Crippen molar-refractivity contribution in [2.45, 2.75) is 32.9 Å². The average Bonchev–Trinajstić information content (AvgIpc) is 2.26. The molecule has 0 aliphatic carbocycles. The molecule has 0 heterocycles. The van der Waals surface area contributed by atoms with Crippen LogP contribution in [0.2, 0.25) is 0 Å². The summed E-state index contributed by atoms with van der Waals surface area (Å²) in [5, 5.41) is 18.8. The Bertz CT molecular complexity index is 392. The molecule has 4 N–H and O–H groups in total. The van der Waals surface area contributed by atoms with Gasteiger partial charge in [-0.1, -0.05) is 32.9 Å². The maximum Gasteiger partial charge on any atom is 0.335 e. The summed E-state index contributed by atoms with van der Waals surface area (Å²) in [4.78, 5) is 10.7. The molecule has 94 valence electrons. The van der Waals surface area contributed by atoms with Gasteiger partial charge in [-0.05, 0) is 23.1 Å². The number of carbonyl (C=O) groups is 1. The number of carboxylic acid groups (broad SMARTS) is 1. The Labute approximate surface area is 101 Å². The van der Waals surface area contributed by atoms with E-state index < -0.39 is 18.1 Å². The van der Waals surface area contributed by atoms with Crippen molar-refractivity contribution in [2.24, 2.45) is 11.1 Å². The predicted molar refractivity (Wildman–Crippen MR) is 65.8 cm³/mol. The number of aliphatic hydroxyl groups excluding tert-OH is 1. The summed E-state index contributed by atoms with van der Waals surface area (Å²) in [6, 6.07) is 5.75. The highest BCUT2D eigenvalue weighted by Crippen LogP contribution is 2.28. The molecule has 0 fully saturated rings. The molecule has 1 aromatic rings. The number of aromatic carboxylic acids is 1. The van der Waals surface area contributed by atoms with Crippen molar-refractivity contribution in [1.82, 2.24) is 0 Å². The van der Waals surface area contributed by atoms with Crippen molar-refractivity contribution < 1.29 is 15.0 Å². The lowest BCUT2D eigenvalue weighted by atomic mass is 9.82. The van der Waals surface area contributed by atoms with Gasteiger partial charge in [-0.2, -0.15) is 0 Å². The van der Waals surface area contributed by atoms with E-state index in [1.54, 1.807) is 12.1 Å². The molecule has 4 nitrogen and oxygen atoms in total. The van der Waals surface area contributed by atoms with Gasteiger partial charge in [-0.15, -0.1) is 0 Å². The Balaban J connectivity index is 2.90. The third-order valence-corrected chi connectivity index (χ3v) is 2.77. The minimum absolute atomic E-state index is 0.214. The first-order chi connectivity index (χ1) is 7.73. The van der Waals surface area contributed by atoms with Crippen LogP contribution in [-0.2, 0) is 0 Å². The fourth-order valence-corrected chi connectivity index (χ4v) is 1.57. The highest BCUT2D eigenvalue weighted by Gasteiger charge is 2.28. The molecule has 0 amide bonds. The summed E-state index contributed by atoms with van der Waals surface area (Å²) in [5.74, 6) is -0.971. The molecule has 0 saturated heterocycles. The van der Waals surface area contributed by atoms with Gasteiger partial charge in [0.1, 0.15) is 0 Å². The summed E-state index contributed by atoms with van der Waals surface area (Å²) in [5.41, 5.74) is 6.59. The van der Waals surface area contributed by atoms with Gasteiger partial charge in [-0.3, -0.25) is 0 Å². The molecule has 1 aromatic carbocycles. The van der Waals surface area contributed by atoms with Crippen molar-refractivity contribution in [2.75, 3.05) is 0 Å². The number of benzene rings is 1. The molecule has 1 rings (SSSR count). The molecule has 0 unspecified atom stereocenters. The number of hydrogen-bond acceptors (Lipinski definition) is 3. The van der Waals surface area contributed by atoms with Crippen molar-refractivity contribution in [3.63, 3.8) is 0 Å². The Morgan fingerprint density at radius 3 is 2.06 bits per heavy atom. The van der Waals surface area contributed by atoms with Crippen molar-refractivity contribution in [3.05, 3.63) is 35.4 Å². The standard InChI is InChI=1S/C13H19NO3/c1-13(2,3)11(15)10(14)8-4-6-9(7-5-8)12(16)17/h4-7,10-11,15H,14H2,1-3H3,(H,16,17)/t10-,11-/m1/s1. The fourth-order valence-electron chi connectivity index (χ4n) is 1.57. The Morgan fingerprint density at radius 2 is 1.71 bits per heavy atom. The zero-order valence-electron chi connectivity index (χ0n) is 10.3. The Kier molecular flexibility index (Phi) is 3.91. The smallest absolute Gasteiger partial charge is 0.335 e. The number of aliphatic hydroxyl groups is 1. The molecule has 0 aliphatic rings. The molecule has 0 bridgehead atoms. The monoisotopic (exact) mass is 237 g/mol. The van der Waals surface area contributed by atoms with Crippen LogP contribution >= 0.6 is 0 Å². The third-order valence-electron chi connectivity index (χ3n) is 2.77. The fraction of sp³-hybridized carbons (Fsp3) is 0.462. The summed E-state index contributed by atoms with van der Waals surface area (Å²) in [7, 11) is 0. The van der Waals surface area contributed by atoms with Gasteiger partial charge in [0.15, 0.2) is 0 Å². The number of nitrogens with two attached hydrogens (primary N) is 1. The highest BCUT2D eigenvalue weighted by atomic mass is 16.4. The summed E-state index contributed by atoms with van der Waals surface area (Å²) in [6.45, 7) is 5.72. The zero-order chi connectivity index (χ0) is 13.2. The molecule has 0 aliphatic heterocycles. The second-order valence-corrected chi connectivity index (χ2v) is 5.26. The molecule has 2 atom stereocenters. The number of carboxylic acids is 1. The maximum atomic E-state index is 10.7. The molecule has 0 radical (unpaired) electrons. The van der Waals surface area contributed by atoms with Crippen LogP contribution in [0.1, 0.15) is 42.7 Å². The first kappa shape index (κ1) is 13.7. The van der Waals surface area contributed by atoms with Gasteiger partial charge < -0.3 is 15.9 Å². The maximum absolute atomic E-state index is 10.7. The highest BCUT2D eigenvalue weighted by molar-refractivity contribution is 5.87. The van der Waals surface area contributed by atoms with Crippen LogP contribution in [0.25, 0.3) is 0 Å². The van der Waals surface area contributed by atoms with Gasteiger partial charge in [0.05, 0.1) is 17.7 Å². The lowest BCUT2D eigenvalue weighted by Crippen LogP contribution is -2.36. The quantitative estimate of drug-likeness (QED) is 0.748. The largest absolute Gasteiger partial charge is 0.478 e. The van der Waals surface area contributed by atoms with Gasteiger partial charge >= 0.3 is 5.97 Å². The minimum Gasteiger partial charge on any atom is -0.478 e. The zero-order valence-corrected chi connectivity index (χ0v) is 10.3. The van der Waals surface area contributed by atoms with Crippen LogP contribution < -0.4 is 5.73 Å². The predicted octanol–water partition coefficient (Wildman–Crippen LogP) is 1.79. The Morgan fingerprint density at radius 1 is 1.24 bits per heavy atom. The molecule has 0 aromatic heterocycles. The van der Waals surface area contributed by atoms with Crippen molar-refractivity contribution in [3.8, 4) is 0 Å². The van der Waals surface area contributed by atoms with E-state index >= 15 is 0 Å². The minimum atomic E-state index is -0.971. The van der Waals surface area contributed by atoms with Crippen LogP contribution in [0.5, 0.6) is 0 Å². The van der Waals surface area contributed by atoms with Crippen molar-refractivity contribution >= 4 is 5.97 Å².